The van der Waals surface area contributed by atoms with Crippen LogP contribution in [0.2, 0.25) is 0 Å². The third kappa shape index (κ3) is 5.11. The van der Waals surface area contributed by atoms with Crippen LogP contribution in [0.5, 0.6) is 0 Å². The predicted molar refractivity (Wildman–Crippen MR) is 111 cm³/mol. The Labute approximate surface area is 176 Å². The fraction of sp³-hybridized carbons (Fsp3) is 0.0556. The summed E-state index contributed by atoms with van der Waals surface area (Å²) in [7, 11) is 0. The predicted octanol–water partition coefficient (Wildman–Crippen LogP) is 4.13. The first-order valence-electron chi connectivity index (χ1n) is 7.97. The Morgan fingerprint density at radius 1 is 1.21 bits per heavy atom. The molecule has 1 N–H and O–H groups in total. The van der Waals surface area contributed by atoms with Crippen LogP contribution in [0.3, 0.4) is 0 Å². The minimum atomic E-state index is -0.756. The first-order valence-corrected chi connectivity index (χ1v) is 9.56. The van der Waals surface area contributed by atoms with Crippen molar-refractivity contribution in [3.05, 3.63) is 90.6 Å². The summed E-state index contributed by atoms with van der Waals surface area (Å²) >= 11 is 6.70. The van der Waals surface area contributed by atoms with E-state index in [9.17, 15) is 14.9 Å². The van der Waals surface area contributed by atoms with Gasteiger partial charge in [0.15, 0.2) is 0 Å². The number of benzene rings is 2. The summed E-state index contributed by atoms with van der Waals surface area (Å²) in [6.07, 6.45) is 2.67. The van der Waals surface area contributed by atoms with Gasteiger partial charge in [-0.3, -0.25) is 19.6 Å². The lowest BCUT2D eigenvalue weighted by Crippen LogP contribution is -2.19. The molecule has 0 bridgehead atoms. The monoisotopic (exact) mass is 505 g/mol. The number of halogens is 2. The Hall–Kier alpha value is -2.85. The number of aromatic nitrogens is 2. The van der Waals surface area contributed by atoms with E-state index >= 15 is 0 Å². The molecular formula is C18H13Br2N5O3. The minimum Gasteiger partial charge on any atom is -0.265 e. The van der Waals surface area contributed by atoms with E-state index in [0.717, 1.165) is 20.1 Å². The second-order valence-corrected chi connectivity index (χ2v) is 7.53. The molecule has 2 aromatic carbocycles. The van der Waals surface area contributed by atoms with Crippen LogP contribution in [0.4, 0.5) is 5.69 Å². The van der Waals surface area contributed by atoms with Gasteiger partial charge in [-0.2, -0.15) is 10.2 Å². The Morgan fingerprint density at radius 3 is 2.64 bits per heavy atom. The fourth-order valence-electron chi connectivity index (χ4n) is 2.38. The molecular weight excluding hydrogens is 494 g/mol. The molecule has 28 heavy (non-hydrogen) atoms. The van der Waals surface area contributed by atoms with E-state index in [1.807, 2.05) is 36.4 Å². The van der Waals surface area contributed by atoms with Crippen LogP contribution in [0.1, 0.15) is 21.6 Å². The number of nitro groups is 1. The Kier molecular flexibility index (Phi) is 6.32. The van der Waals surface area contributed by atoms with E-state index in [-0.39, 0.29) is 17.9 Å². The number of hydrogen-bond donors (Lipinski definition) is 1. The van der Waals surface area contributed by atoms with E-state index in [1.54, 1.807) is 12.1 Å². The molecule has 0 aliphatic heterocycles. The molecule has 0 saturated heterocycles. The molecule has 142 valence electrons. The van der Waals surface area contributed by atoms with Gasteiger partial charge in [-0.15, -0.1) is 0 Å². The van der Waals surface area contributed by atoms with Gasteiger partial charge in [0.05, 0.1) is 17.7 Å². The summed E-state index contributed by atoms with van der Waals surface area (Å²) in [5.41, 5.74) is 3.24. The molecule has 0 spiro atoms. The molecule has 1 heterocycles. The van der Waals surface area contributed by atoms with Gasteiger partial charge in [0.25, 0.3) is 5.91 Å². The van der Waals surface area contributed by atoms with Gasteiger partial charge in [-0.05, 0) is 35.4 Å². The quantitative estimate of drug-likeness (QED) is 0.308. The van der Waals surface area contributed by atoms with Crippen LogP contribution in [-0.4, -0.2) is 26.8 Å². The molecule has 0 unspecified atom stereocenters. The van der Waals surface area contributed by atoms with Gasteiger partial charge < -0.3 is 0 Å². The Morgan fingerprint density at radius 2 is 1.96 bits per heavy atom. The first-order chi connectivity index (χ1) is 13.4. The topological polar surface area (TPSA) is 102 Å². The number of rotatable bonds is 6. The summed E-state index contributed by atoms with van der Waals surface area (Å²) in [6, 6.07) is 14.7. The number of nitrogens with one attached hydrogen (secondary N) is 1. The lowest BCUT2D eigenvalue weighted by atomic mass is 10.2. The average Bonchev–Trinajstić information content (AvgIpc) is 3.07. The van der Waals surface area contributed by atoms with Crippen LogP contribution in [-0.2, 0) is 6.54 Å². The number of carbonyl (C=O) groups is 1. The van der Waals surface area contributed by atoms with Crippen molar-refractivity contribution in [2.45, 2.75) is 6.54 Å². The van der Waals surface area contributed by atoms with E-state index in [2.05, 4.69) is 47.5 Å². The van der Waals surface area contributed by atoms with E-state index in [1.165, 1.54) is 17.1 Å². The summed E-state index contributed by atoms with van der Waals surface area (Å²) < 4.78 is 3.15. The van der Waals surface area contributed by atoms with Crippen LogP contribution in [0, 0.1) is 10.1 Å². The highest BCUT2D eigenvalue weighted by Crippen LogP contribution is 2.19. The minimum absolute atomic E-state index is 0.287. The third-order valence-electron chi connectivity index (χ3n) is 3.64. The smallest absolute Gasteiger partial charge is 0.265 e. The van der Waals surface area contributed by atoms with Crippen LogP contribution < -0.4 is 5.43 Å². The van der Waals surface area contributed by atoms with Crippen molar-refractivity contribution in [2.75, 3.05) is 0 Å². The fourth-order valence-corrected chi connectivity index (χ4v) is 3.09. The van der Waals surface area contributed by atoms with Gasteiger partial charge in [0.1, 0.15) is 6.20 Å². The summed E-state index contributed by atoms with van der Waals surface area (Å²) in [6.45, 7) is 0.287. The zero-order valence-corrected chi connectivity index (χ0v) is 17.4. The Balaban J connectivity index is 1.76. The third-order valence-corrected chi connectivity index (χ3v) is 4.66. The van der Waals surface area contributed by atoms with Crippen molar-refractivity contribution in [3.63, 3.8) is 0 Å². The SMILES string of the molecule is O=C(N/N=C/c1ccc(Br)cc1)c1nn(Cc2cccc(Br)c2)cc1[N+](=O)[O-]. The van der Waals surface area contributed by atoms with Crippen molar-refractivity contribution in [2.24, 2.45) is 5.10 Å². The molecule has 3 rings (SSSR count). The number of carbonyl (C=O) groups excluding carboxylic acids is 1. The van der Waals surface area contributed by atoms with Gasteiger partial charge in [-0.25, -0.2) is 5.43 Å². The number of amides is 1. The molecule has 1 aromatic heterocycles. The molecule has 0 fully saturated rings. The number of hydrogen-bond acceptors (Lipinski definition) is 5. The molecule has 0 aliphatic carbocycles. The zero-order chi connectivity index (χ0) is 20.1. The first kappa shape index (κ1) is 19.9. The summed E-state index contributed by atoms with van der Waals surface area (Å²) in [5.74, 6) is -0.756. The van der Waals surface area contributed by atoms with Gasteiger partial charge in [-0.1, -0.05) is 56.1 Å². The summed E-state index contributed by atoms with van der Waals surface area (Å²) in [4.78, 5) is 23.0. The molecule has 0 atom stereocenters. The number of nitrogens with zero attached hydrogens (tertiary/aromatic N) is 4. The molecule has 1 amide bonds. The van der Waals surface area contributed by atoms with Gasteiger partial charge in [0, 0.05) is 8.95 Å². The highest BCUT2D eigenvalue weighted by atomic mass is 79.9. The average molecular weight is 507 g/mol. The van der Waals surface area contributed by atoms with E-state index in [0.29, 0.717) is 0 Å². The van der Waals surface area contributed by atoms with Crippen LogP contribution >= 0.6 is 31.9 Å². The van der Waals surface area contributed by atoms with Crippen LogP contribution in [0.25, 0.3) is 0 Å². The van der Waals surface area contributed by atoms with E-state index in [4.69, 9.17) is 0 Å². The van der Waals surface area contributed by atoms with Crippen molar-refractivity contribution >= 4 is 49.7 Å². The second kappa shape index (κ2) is 8.89. The van der Waals surface area contributed by atoms with E-state index < -0.39 is 10.8 Å². The largest absolute Gasteiger partial charge is 0.320 e. The van der Waals surface area contributed by atoms with Gasteiger partial charge >= 0.3 is 5.69 Å². The molecule has 3 aromatic rings. The highest BCUT2D eigenvalue weighted by Gasteiger charge is 2.25. The lowest BCUT2D eigenvalue weighted by Gasteiger charge is -2.01. The van der Waals surface area contributed by atoms with Crippen molar-refractivity contribution in [1.82, 2.24) is 15.2 Å². The lowest BCUT2D eigenvalue weighted by molar-refractivity contribution is -0.385. The zero-order valence-electron chi connectivity index (χ0n) is 14.3. The normalized spacial score (nSPS) is 10.9. The van der Waals surface area contributed by atoms with Crippen molar-refractivity contribution in [3.8, 4) is 0 Å². The van der Waals surface area contributed by atoms with Crippen LogP contribution in [0.15, 0.2) is 68.8 Å². The molecule has 10 heteroatoms. The maximum Gasteiger partial charge on any atom is 0.320 e. The number of hydrazone groups is 1. The molecule has 0 radical (unpaired) electrons. The highest BCUT2D eigenvalue weighted by molar-refractivity contribution is 9.10. The molecule has 8 nitrogen and oxygen atoms in total. The van der Waals surface area contributed by atoms with Crippen molar-refractivity contribution < 1.29 is 9.72 Å². The standard InChI is InChI=1S/C18H13Br2N5O3/c19-14-6-4-12(5-7-14)9-21-22-18(26)17-16(25(27)28)11-24(23-17)10-13-2-1-3-15(20)8-13/h1-9,11H,10H2,(H,22,26)/b21-9+. The molecule has 0 saturated carbocycles. The maximum absolute atomic E-state index is 12.3. The molecule has 0 aliphatic rings. The summed E-state index contributed by atoms with van der Waals surface area (Å²) in [5, 5.41) is 19.2. The second-order valence-electron chi connectivity index (χ2n) is 5.70. The Bertz CT molecular complexity index is 1050. The van der Waals surface area contributed by atoms with Crippen molar-refractivity contribution in [1.29, 1.82) is 0 Å². The maximum atomic E-state index is 12.3. The van der Waals surface area contributed by atoms with Gasteiger partial charge in [0.2, 0.25) is 5.69 Å².